The van der Waals surface area contributed by atoms with E-state index in [1.54, 1.807) is 0 Å². The van der Waals surface area contributed by atoms with E-state index in [0.29, 0.717) is 6.54 Å². The van der Waals surface area contributed by atoms with Crippen molar-refractivity contribution in [2.45, 2.75) is 90.6 Å². The van der Waals surface area contributed by atoms with Crippen molar-refractivity contribution in [3.63, 3.8) is 0 Å². The molecule has 1 aromatic rings. The van der Waals surface area contributed by atoms with Gasteiger partial charge in [0.1, 0.15) is 0 Å². The molecule has 0 aliphatic heterocycles. The molecule has 0 amide bonds. The molecule has 1 heterocycles. The van der Waals surface area contributed by atoms with E-state index in [4.69, 9.17) is 5.73 Å². The Morgan fingerprint density at radius 1 is 1.14 bits per heavy atom. The lowest BCUT2D eigenvalue weighted by molar-refractivity contribution is 0.335. The largest absolute Gasteiger partial charge is 0.325 e. The fraction of sp³-hybridized carbons (Fsp3) is 0.882. The van der Waals surface area contributed by atoms with E-state index in [1.807, 2.05) is 0 Å². The summed E-state index contributed by atoms with van der Waals surface area (Å²) >= 11 is 0. The van der Waals surface area contributed by atoms with Crippen molar-refractivity contribution >= 4 is 0 Å². The van der Waals surface area contributed by atoms with Crippen LogP contribution in [-0.4, -0.2) is 15.0 Å². The van der Waals surface area contributed by atoms with Gasteiger partial charge in [-0.15, -0.1) is 5.10 Å². The fourth-order valence-electron chi connectivity index (χ4n) is 3.49. The van der Waals surface area contributed by atoms with Gasteiger partial charge in [0, 0.05) is 13.1 Å². The first-order valence-corrected chi connectivity index (χ1v) is 8.96. The number of unbranched alkanes of at least 4 members (excludes halogenated alkanes) is 3. The highest BCUT2D eigenvalue weighted by Crippen LogP contribution is 2.27. The van der Waals surface area contributed by atoms with Gasteiger partial charge < -0.3 is 5.73 Å². The van der Waals surface area contributed by atoms with Gasteiger partial charge in [-0.3, -0.25) is 0 Å². The summed E-state index contributed by atoms with van der Waals surface area (Å²) in [5.41, 5.74) is 8.15. The Morgan fingerprint density at radius 2 is 1.95 bits per heavy atom. The molecule has 2 rings (SSSR count). The second-order valence-corrected chi connectivity index (χ2v) is 6.51. The summed E-state index contributed by atoms with van der Waals surface area (Å²) in [5.74, 6) is 0.910. The first kappa shape index (κ1) is 16.5. The number of hydrogen-bond acceptors (Lipinski definition) is 3. The molecule has 0 saturated heterocycles. The van der Waals surface area contributed by atoms with Crippen LogP contribution in [-0.2, 0) is 19.5 Å². The highest BCUT2D eigenvalue weighted by molar-refractivity contribution is 5.10. The standard InChI is InChI=1S/C17H32N4/c1-2-3-4-8-13-21-17(16(14-18)19-20-21)12-11-15-9-6-5-7-10-15/h15H,2-14,18H2,1H3. The third kappa shape index (κ3) is 5.10. The predicted molar refractivity (Wildman–Crippen MR) is 87.0 cm³/mol. The molecule has 0 unspecified atom stereocenters. The van der Waals surface area contributed by atoms with Gasteiger partial charge in [0.15, 0.2) is 0 Å². The van der Waals surface area contributed by atoms with Crippen LogP contribution in [0.1, 0.15) is 82.5 Å². The van der Waals surface area contributed by atoms with Crippen LogP contribution in [0, 0.1) is 5.92 Å². The van der Waals surface area contributed by atoms with Gasteiger partial charge in [-0.05, 0) is 25.2 Å². The van der Waals surface area contributed by atoms with E-state index >= 15 is 0 Å². The van der Waals surface area contributed by atoms with Gasteiger partial charge in [0.25, 0.3) is 0 Å². The van der Waals surface area contributed by atoms with Gasteiger partial charge in [-0.1, -0.05) is 63.5 Å². The summed E-state index contributed by atoms with van der Waals surface area (Å²) in [6, 6.07) is 0. The fourth-order valence-corrected chi connectivity index (χ4v) is 3.49. The molecular formula is C17H32N4. The second kappa shape index (κ2) is 9.19. The maximum atomic E-state index is 5.83. The van der Waals surface area contributed by atoms with Crippen molar-refractivity contribution in [2.24, 2.45) is 11.7 Å². The molecule has 0 bridgehead atoms. The van der Waals surface area contributed by atoms with Crippen molar-refractivity contribution in [3.05, 3.63) is 11.4 Å². The van der Waals surface area contributed by atoms with Crippen molar-refractivity contribution in [1.29, 1.82) is 0 Å². The number of nitrogens with zero attached hydrogens (tertiary/aromatic N) is 3. The average Bonchev–Trinajstić information content (AvgIpc) is 2.92. The first-order valence-electron chi connectivity index (χ1n) is 8.96. The summed E-state index contributed by atoms with van der Waals surface area (Å²) in [5, 5.41) is 8.62. The third-order valence-electron chi connectivity index (χ3n) is 4.85. The summed E-state index contributed by atoms with van der Waals surface area (Å²) in [6.45, 7) is 3.78. The molecule has 21 heavy (non-hydrogen) atoms. The normalized spacial score (nSPS) is 16.5. The Labute approximate surface area is 129 Å². The lowest BCUT2D eigenvalue weighted by Crippen LogP contribution is -2.12. The van der Waals surface area contributed by atoms with Crippen molar-refractivity contribution in [1.82, 2.24) is 15.0 Å². The van der Waals surface area contributed by atoms with E-state index in [0.717, 1.165) is 24.6 Å². The van der Waals surface area contributed by atoms with Crippen molar-refractivity contribution in [3.8, 4) is 0 Å². The van der Waals surface area contributed by atoms with Gasteiger partial charge in [-0.2, -0.15) is 0 Å². The minimum atomic E-state index is 0.523. The van der Waals surface area contributed by atoms with E-state index < -0.39 is 0 Å². The maximum absolute atomic E-state index is 5.83. The topological polar surface area (TPSA) is 56.7 Å². The molecular weight excluding hydrogens is 260 g/mol. The predicted octanol–water partition coefficient (Wildman–Crippen LogP) is 3.83. The molecule has 0 radical (unpaired) electrons. The number of nitrogens with two attached hydrogens (primary N) is 1. The van der Waals surface area contributed by atoms with Crippen molar-refractivity contribution in [2.75, 3.05) is 0 Å². The Kier molecular flexibility index (Phi) is 7.20. The molecule has 1 fully saturated rings. The summed E-state index contributed by atoms with van der Waals surface area (Å²) in [6.07, 6.45) is 14.6. The zero-order chi connectivity index (χ0) is 14.9. The molecule has 1 aliphatic carbocycles. The van der Waals surface area contributed by atoms with Crippen LogP contribution < -0.4 is 5.73 Å². The Hall–Kier alpha value is -0.900. The van der Waals surface area contributed by atoms with E-state index in [1.165, 1.54) is 69.9 Å². The Bertz CT molecular complexity index is 393. The minimum absolute atomic E-state index is 0.523. The van der Waals surface area contributed by atoms with E-state index in [9.17, 15) is 0 Å². The summed E-state index contributed by atoms with van der Waals surface area (Å²) in [7, 11) is 0. The molecule has 1 aliphatic rings. The molecule has 1 aromatic heterocycles. The van der Waals surface area contributed by atoms with E-state index in [2.05, 4.69) is 21.9 Å². The van der Waals surface area contributed by atoms with E-state index in [-0.39, 0.29) is 0 Å². The third-order valence-corrected chi connectivity index (χ3v) is 4.85. The SMILES string of the molecule is CCCCCCn1nnc(CN)c1CCC1CCCCC1. The first-order chi connectivity index (χ1) is 10.3. The zero-order valence-corrected chi connectivity index (χ0v) is 13.7. The lowest BCUT2D eigenvalue weighted by atomic mass is 9.85. The Balaban J connectivity index is 1.87. The molecule has 120 valence electrons. The van der Waals surface area contributed by atoms with Gasteiger partial charge in [-0.25, -0.2) is 4.68 Å². The van der Waals surface area contributed by atoms with Gasteiger partial charge in [0.05, 0.1) is 11.4 Å². The second-order valence-electron chi connectivity index (χ2n) is 6.51. The summed E-state index contributed by atoms with van der Waals surface area (Å²) in [4.78, 5) is 0. The molecule has 0 atom stereocenters. The quantitative estimate of drug-likeness (QED) is 0.704. The van der Waals surface area contributed by atoms with Gasteiger partial charge >= 0.3 is 0 Å². The van der Waals surface area contributed by atoms with Crippen LogP contribution in [0.5, 0.6) is 0 Å². The lowest BCUT2D eigenvalue weighted by Gasteiger charge is -2.21. The number of aromatic nitrogens is 3. The van der Waals surface area contributed by atoms with Crippen LogP contribution in [0.25, 0.3) is 0 Å². The Morgan fingerprint density at radius 3 is 2.67 bits per heavy atom. The van der Waals surface area contributed by atoms with Crippen molar-refractivity contribution < 1.29 is 0 Å². The summed E-state index contributed by atoms with van der Waals surface area (Å²) < 4.78 is 2.13. The van der Waals surface area contributed by atoms with Crippen LogP contribution >= 0.6 is 0 Å². The highest BCUT2D eigenvalue weighted by Gasteiger charge is 2.17. The molecule has 0 spiro atoms. The minimum Gasteiger partial charge on any atom is -0.325 e. The molecule has 4 heteroatoms. The molecule has 1 saturated carbocycles. The highest BCUT2D eigenvalue weighted by atomic mass is 15.4. The van der Waals surface area contributed by atoms with Crippen LogP contribution in [0.2, 0.25) is 0 Å². The number of rotatable bonds is 9. The van der Waals surface area contributed by atoms with Crippen LogP contribution in [0.3, 0.4) is 0 Å². The monoisotopic (exact) mass is 292 g/mol. The number of hydrogen-bond donors (Lipinski definition) is 1. The smallest absolute Gasteiger partial charge is 0.0994 e. The molecule has 2 N–H and O–H groups in total. The van der Waals surface area contributed by atoms with Gasteiger partial charge in [0.2, 0.25) is 0 Å². The number of aryl methyl sites for hydroxylation is 1. The van der Waals surface area contributed by atoms with Crippen LogP contribution in [0.4, 0.5) is 0 Å². The van der Waals surface area contributed by atoms with Crippen LogP contribution in [0.15, 0.2) is 0 Å². The maximum Gasteiger partial charge on any atom is 0.0994 e. The zero-order valence-electron chi connectivity index (χ0n) is 13.7. The molecule has 4 nitrogen and oxygen atoms in total. The molecule has 0 aromatic carbocycles. The average molecular weight is 292 g/mol.